The maximum absolute atomic E-state index is 12.5. The second-order valence-electron chi connectivity index (χ2n) is 7.38. The maximum Gasteiger partial charge on any atom is 0.336 e. The number of carbonyl (C=O) groups excluding carboxylic acids is 1. The van der Waals surface area contributed by atoms with Crippen molar-refractivity contribution in [3.8, 4) is 5.75 Å². The molecule has 0 radical (unpaired) electrons. The number of methoxy groups -OCH3 is 1. The van der Waals surface area contributed by atoms with Crippen LogP contribution in [0.5, 0.6) is 5.75 Å². The van der Waals surface area contributed by atoms with Crippen molar-refractivity contribution >= 4 is 53.4 Å². The summed E-state index contributed by atoms with van der Waals surface area (Å²) >= 11 is 1.22. The summed E-state index contributed by atoms with van der Waals surface area (Å²) in [4.78, 5) is 28.7. The summed E-state index contributed by atoms with van der Waals surface area (Å²) in [5, 5.41) is 3.96. The molecule has 0 aliphatic carbocycles. The Kier molecular flexibility index (Phi) is 5.74. The fourth-order valence-electron chi connectivity index (χ4n) is 3.40. The van der Waals surface area contributed by atoms with Gasteiger partial charge in [-0.1, -0.05) is 11.3 Å². The highest BCUT2D eigenvalue weighted by atomic mass is 32.2. The zero-order valence-corrected chi connectivity index (χ0v) is 19.2. The lowest BCUT2D eigenvalue weighted by molar-refractivity contribution is -0.116. The van der Waals surface area contributed by atoms with Gasteiger partial charge in [-0.25, -0.2) is 18.2 Å². The summed E-state index contributed by atoms with van der Waals surface area (Å²) in [6, 6.07) is 9.62. The maximum atomic E-state index is 12.5. The number of rotatable bonds is 6. The van der Waals surface area contributed by atoms with E-state index in [0.29, 0.717) is 33.1 Å². The van der Waals surface area contributed by atoms with E-state index in [-0.39, 0.29) is 17.2 Å². The van der Waals surface area contributed by atoms with Gasteiger partial charge in [0.25, 0.3) is 0 Å². The second-order valence-corrected chi connectivity index (χ2v) is 10.4. The van der Waals surface area contributed by atoms with Gasteiger partial charge in [0.2, 0.25) is 5.91 Å². The van der Waals surface area contributed by atoms with E-state index in [4.69, 9.17) is 9.15 Å². The summed E-state index contributed by atoms with van der Waals surface area (Å²) in [5.74, 6) is 0.304. The van der Waals surface area contributed by atoms with E-state index in [9.17, 15) is 18.0 Å². The third-order valence-corrected chi connectivity index (χ3v) is 7.05. The first-order valence-corrected chi connectivity index (χ1v) is 12.4. The average Bonchev–Trinajstić information content (AvgIpc) is 3.12. The predicted octanol–water partition coefficient (Wildman–Crippen LogP) is 3.69. The Morgan fingerprint density at radius 2 is 2.00 bits per heavy atom. The van der Waals surface area contributed by atoms with Gasteiger partial charge in [0.05, 0.1) is 22.2 Å². The fraction of sp³-hybridized carbons (Fsp3) is 0.227. The summed E-state index contributed by atoms with van der Waals surface area (Å²) in [6.45, 7) is 1.82. The van der Waals surface area contributed by atoms with Gasteiger partial charge in [0.15, 0.2) is 15.0 Å². The molecule has 2 aromatic carbocycles. The van der Waals surface area contributed by atoms with Gasteiger partial charge in [0, 0.05) is 30.2 Å². The van der Waals surface area contributed by atoms with Crippen molar-refractivity contribution in [3.05, 3.63) is 57.9 Å². The Labute approximate surface area is 187 Å². The zero-order chi connectivity index (χ0) is 23.0. The number of sulfone groups is 1. The Hall–Kier alpha value is -3.24. The largest absolute Gasteiger partial charge is 0.496 e. The fourth-order valence-corrected chi connectivity index (χ4v) is 5.04. The highest BCUT2D eigenvalue weighted by Gasteiger charge is 2.14. The van der Waals surface area contributed by atoms with Gasteiger partial charge in [-0.3, -0.25) is 4.79 Å². The van der Waals surface area contributed by atoms with E-state index in [1.807, 2.05) is 13.0 Å². The number of carbonyl (C=O) groups is 1. The molecule has 1 amide bonds. The van der Waals surface area contributed by atoms with Gasteiger partial charge >= 0.3 is 5.63 Å². The molecule has 2 heterocycles. The zero-order valence-electron chi connectivity index (χ0n) is 17.6. The van der Waals surface area contributed by atoms with Crippen LogP contribution in [-0.2, 0) is 21.1 Å². The number of hydrogen-bond donors (Lipinski definition) is 1. The van der Waals surface area contributed by atoms with Crippen molar-refractivity contribution in [2.75, 3.05) is 18.7 Å². The first-order valence-electron chi connectivity index (χ1n) is 9.66. The molecule has 0 aliphatic heterocycles. The van der Waals surface area contributed by atoms with Crippen molar-refractivity contribution in [3.63, 3.8) is 0 Å². The number of nitrogens with one attached hydrogen (secondary N) is 1. The summed E-state index contributed by atoms with van der Waals surface area (Å²) in [7, 11) is -1.80. The number of nitrogens with zero attached hydrogens (tertiary/aromatic N) is 1. The molecule has 0 bridgehead atoms. The first kappa shape index (κ1) is 22.0. The smallest absolute Gasteiger partial charge is 0.336 e. The van der Waals surface area contributed by atoms with E-state index in [2.05, 4.69) is 10.3 Å². The number of anilines is 1. The third kappa shape index (κ3) is 4.51. The van der Waals surface area contributed by atoms with E-state index in [1.165, 1.54) is 30.6 Å². The highest BCUT2D eigenvalue weighted by Crippen LogP contribution is 2.30. The van der Waals surface area contributed by atoms with Crippen LogP contribution in [0.4, 0.5) is 5.13 Å². The Morgan fingerprint density at radius 3 is 2.72 bits per heavy atom. The molecular formula is C22H20N2O6S2. The Balaban J connectivity index is 1.51. The van der Waals surface area contributed by atoms with Gasteiger partial charge in [-0.15, -0.1) is 0 Å². The molecule has 1 N–H and O–H groups in total. The lowest BCUT2D eigenvalue weighted by Gasteiger charge is -2.11. The van der Waals surface area contributed by atoms with Crippen LogP contribution in [0.1, 0.15) is 17.5 Å². The number of ether oxygens (including phenoxy) is 1. The molecule has 4 rings (SSSR count). The van der Waals surface area contributed by atoms with E-state index < -0.39 is 15.5 Å². The lowest BCUT2D eigenvalue weighted by atomic mass is 10.0. The number of aryl methyl sites for hydroxylation is 2. The first-order chi connectivity index (χ1) is 15.1. The summed E-state index contributed by atoms with van der Waals surface area (Å²) in [5.41, 5.74) is 2.22. The molecule has 0 spiro atoms. The lowest BCUT2D eigenvalue weighted by Crippen LogP contribution is -2.12. The molecule has 0 atom stereocenters. The van der Waals surface area contributed by atoms with Gasteiger partial charge in [0.1, 0.15) is 11.3 Å². The van der Waals surface area contributed by atoms with Crippen molar-refractivity contribution < 1.29 is 22.4 Å². The molecule has 166 valence electrons. The van der Waals surface area contributed by atoms with E-state index >= 15 is 0 Å². The van der Waals surface area contributed by atoms with Crippen molar-refractivity contribution in [2.45, 2.75) is 24.7 Å². The number of thiazole rings is 1. The van der Waals surface area contributed by atoms with Crippen LogP contribution >= 0.6 is 11.3 Å². The molecule has 0 saturated heterocycles. The molecule has 0 aliphatic rings. The second kappa shape index (κ2) is 8.36. The molecule has 8 nitrogen and oxygen atoms in total. The van der Waals surface area contributed by atoms with Crippen LogP contribution in [0.3, 0.4) is 0 Å². The molecule has 4 aromatic rings. The Bertz CT molecular complexity index is 1520. The highest BCUT2D eigenvalue weighted by molar-refractivity contribution is 7.90. The quantitative estimate of drug-likeness (QED) is 0.426. The number of aromatic nitrogens is 1. The minimum Gasteiger partial charge on any atom is -0.496 e. The normalized spacial score (nSPS) is 11.7. The standard InChI is InChI=1S/C22H20N2O6S2/c1-12-8-21(26)30-18-11-17(29-2)13(9-15(12)18)4-7-20(25)24-22-23-16-6-5-14(32(3,27)28)10-19(16)31-22/h5-6,8-11H,4,7H2,1-3H3,(H,23,24,25). The van der Waals surface area contributed by atoms with Crippen LogP contribution in [-0.4, -0.2) is 32.7 Å². The third-order valence-electron chi connectivity index (χ3n) is 5.01. The summed E-state index contributed by atoms with van der Waals surface area (Å²) < 4.78 is 34.8. The molecule has 0 fully saturated rings. The van der Waals surface area contributed by atoms with E-state index in [0.717, 1.165) is 22.8 Å². The monoisotopic (exact) mass is 472 g/mol. The summed E-state index contributed by atoms with van der Waals surface area (Å²) in [6.07, 6.45) is 1.74. The number of hydrogen-bond acceptors (Lipinski definition) is 8. The van der Waals surface area contributed by atoms with Crippen molar-refractivity contribution in [1.82, 2.24) is 4.98 Å². The molecule has 0 unspecified atom stereocenters. The molecule has 2 aromatic heterocycles. The minimum absolute atomic E-state index is 0.183. The number of fused-ring (bicyclic) bond motifs is 2. The molecule has 32 heavy (non-hydrogen) atoms. The van der Waals surface area contributed by atoms with Crippen LogP contribution < -0.4 is 15.7 Å². The van der Waals surface area contributed by atoms with E-state index in [1.54, 1.807) is 18.2 Å². The molecule has 0 saturated carbocycles. The van der Waals surface area contributed by atoms with Gasteiger partial charge < -0.3 is 14.5 Å². The van der Waals surface area contributed by atoms with Crippen LogP contribution in [0.15, 0.2) is 50.5 Å². The van der Waals surface area contributed by atoms with Crippen molar-refractivity contribution in [2.24, 2.45) is 0 Å². The minimum atomic E-state index is -3.32. The Morgan fingerprint density at radius 1 is 1.22 bits per heavy atom. The van der Waals surface area contributed by atoms with Crippen LogP contribution in [0.2, 0.25) is 0 Å². The van der Waals surface area contributed by atoms with Gasteiger partial charge in [-0.2, -0.15) is 0 Å². The predicted molar refractivity (Wildman–Crippen MR) is 123 cm³/mol. The molecular weight excluding hydrogens is 452 g/mol. The SMILES string of the molecule is COc1cc2oc(=O)cc(C)c2cc1CCC(=O)Nc1nc2ccc(S(C)(=O)=O)cc2s1. The number of benzene rings is 2. The van der Waals surface area contributed by atoms with Crippen LogP contribution in [0.25, 0.3) is 21.2 Å². The van der Waals surface area contributed by atoms with Crippen molar-refractivity contribution in [1.29, 1.82) is 0 Å². The average molecular weight is 473 g/mol. The van der Waals surface area contributed by atoms with Crippen LogP contribution in [0, 0.1) is 6.92 Å². The topological polar surface area (TPSA) is 116 Å². The number of amides is 1. The molecule has 10 heteroatoms. The van der Waals surface area contributed by atoms with Gasteiger partial charge in [-0.05, 0) is 48.7 Å².